The molecule has 15 heavy (non-hydrogen) atoms. The third-order valence-electron chi connectivity index (χ3n) is 2.15. The van der Waals surface area contributed by atoms with Gasteiger partial charge in [0.25, 0.3) is 5.91 Å². The first-order valence-electron chi connectivity index (χ1n) is 4.46. The van der Waals surface area contributed by atoms with Crippen LogP contribution in [0.25, 0.3) is 0 Å². The van der Waals surface area contributed by atoms with E-state index < -0.39 is 18.2 Å². The van der Waals surface area contributed by atoms with Gasteiger partial charge in [0.05, 0.1) is 5.69 Å². The minimum Gasteiger partial charge on any atom is -0.353 e. The number of amides is 3. The summed E-state index contributed by atoms with van der Waals surface area (Å²) in [6.07, 6.45) is -0.877. The lowest BCUT2D eigenvalue weighted by Gasteiger charge is -2.11. The number of carbonyl (C=O) groups excluding carboxylic acids is 2. The summed E-state index contributed by atoms with van der Waals surface area (Å²) in [6.45, 7) is 0. The van der Waals surface area contributed by atoms with Crippen LogP contribution in [-0.2, 0) is 9.53 Å². The van der Waals surface area contributed by atoms with E-state index in [0.717, 1.165) is 4.90 Å². The summed E-state index contributed by atoms with van der Waals surface area (Å²) in [4.78, 5) is 24.2. The number of carbonyl (C=O) groups is 2. The minimum absolute atomic E-state index is 0.395. The number of nitrogens with one attached hydrogen (secondary N) is 1. The highest BCUT2D eigenvalue weighted by atomic mass is 16.5. The van der Waals surface area contributed by atoms with Crippen LogP contribution in [0, 0.1) is 0 Å². The molecule has 2 rings (SSSR count). The number of methoxy groups -OCH3 is 1. The van der Waals surface area contributed by atoms with Gasteiger partial charge in [-0.2, -0.15) is 0 Å². The van der Waals surface area contributed by atoms with E-state index in [1.165, 1.54) is 7.11 Å². The van der Waals surface area contributed by atoms with Gasteiger partial charge in [-0.15, -0.1) is 0 Å². The first kappa shape index (κ1) is 9.67. The molecule has 1 aromatic carbocycles. The van der Waals surface area contributed by atoms with Crippen LogP contribution in [0.4, 0.5) is 10.5 Å². The molecule has 1 aliphatic rings. The maximum absolute atomic E-state index is 11.7. The fourth-order valence-electron chi connectivity index (χ4n) is 1.44. The lowest BCUT2D eigenvalue weighted by atomic mass is 10.3. The molecule has 1 fully saturated rings. The van der Waals surface area contributed by atoms with E-state index in [9.17, 15) is 9.59 Å². The lowest BCUT2D eigenvalue weighted by molar-refractivity contribution is -0.126. The van der Waals surface area contributed by atoms with Crippen molar-refractivity contribution in [1.82, 2.24) is 5.32 Å². The highest BCUT2D eigenvalue weighted by Crippen LogP contribution is 2.18. The Labute approximate surface area is 86.6 Å². The van der Waals surface area contributed by atoms with Crippen LogP contribution in [0.2, 0.25) is 0 Å². The van der Waals surface area contributed by atoms with Crippen molar-refractivity contribution in [3.63, 3.8) is 0 Å². The molecule has 0 aliphatic carbocycles. The molecule has 0 unspecified atom stereocenters. The average molecular weight is 206 g/mol. The normalized spacial score (nSPS) is 20.6. The van der Waals surface area contributed by atoms with Crippen molar-refractivity contribution in [2.75, 3.05) is 12.0 Å². The number of ether oxygens (including phenoxy) is 1. The van der Waals surface area contributed by atoms with Crippen molar-refractivity contribution in [2.45, 2.75) is 6.23 Å². The molecule has 0 aromatic heterocycles. The van der Waals surface area contributed by atoms with Crippen LogP contribution in [-0.4, -0.2) is 25.3 Å². The number of nitrogens with zero attached hydrogens (tertiary/aromatic N) is 1. The Bertz CT molecular complexity index is 391. The van der Waals surface area contributed by atoms with E-state index in [2.05, 4.69) is 5.32 Å². The Morgan fingerprint density at radius 2 is 1.93 bits per heavy atom. The molecular weight excluding hydrogens is 196 g/mol. The van der Waals surface area contributed by atoms with Crippen molar-refractivity contribution in [1.29, 1.82) is 0 Å². The summed E-state index contributed by atoms with van der Waals surface area (Å²) in [5.41, 5.74) is 0.541. The maximum Gasteiger partial charge on any atom is 0.331 e. The fourth-order valence-corrected chi connectivity index (χ4v) is 1.44. The maximum atomic E-state index is 11.7. The summed E-state index contributed by atoms with van der Waals surface area (Å²) < 4.78 is 4.82. The molecule has 1 N–H and O–H groups in total. The zero-order valence-electron chi connectivity index (χ0n) is 8.14. The first-order valence-corrected chi connectivity index (χ1v) is 4.46. The first-order chi connectivity index (χ1) is 7.24. The SMILES string of the molecule is CO[C@H]1NC(=O)N(c2ccccc2)C1=O. The van der Waals surface area contributed by atoms with Crippen LogP contribution in [0.3, 0.4) is 0 Å². The Kier molecular flexibility index (Phi) is 2.39. The van der Waals surface area contributed by atoms with Gasteiger partial charge >= 0.3 is 6.03 Å². The second-order valence-corrected chi connectivity index (χ2v) is 3.07. The third-order valence-corrected chi connectivity index (χ3v) is 2.15. The third kappa shape index (κ3) is 1.57. The molecule has 1 aliphatic heterocycles. The Morgan fingerprint density at radius 1 is 1.27 bits per heavy atom. The van der Waals surface area contributed by atoms with Gasteiger partial charge in [0.15, 0.2) is 0 Å². The topological polar surface area (TPSA) is 58.6 Å². The Morgan fingerprint density at radius 3 is 2.47 bits per heavy atom. The quantitative estimate of drug-likeness (QED) is 0.725. The molecule has 78 valence electrons. The van der Waals surface area contributed by atoms with E-state index in [1.54, 1.807) is 24.3 Å². The number of hydrogen-bond donors (Lipinski definition) is 1. The molecule has 0 bridgehead atoms. The second kappa shape index (κ2) is 3.70. The number of rotatable bonds is 2. The van der Waals surface area contributed by atoms with Gasteiger partial charge in [0.1, 0.15) is 0 Å². The summed E-state index contributed by atoms with van der Waals surface area (Å²) in [5.74, 6) is -0.395. The molecule has 0 spiro atoms. The van der Waals surface area contributed by atoms with Gasteiger partial charge < -0.3 is 10.1 Å². The average Bonchev–Trinajstić information content (AvgIpc) is 2.55. The standard InChI is InChI=1S/C10H10N2O3/c1-15-8-9(13)12(10(14)11-8)7-5-3-2-4-6-7/h2-6,8H,1H3,(H,11,14)/t8-/m1/s1. The van der Waals surface area contributed by atoms with Crippen molar-refractivity contribution < 1.29 is 14.3 Å². The van der Waals surface area contributed by atoms with E-state index in [-0.39, 0.29) is 0 Å². The van der Waals surface area contributed by atoms with Gasteiger partial charge in [-0.05, 0) is 12.1 Å². The summed E-state index contributed by atoms with van der Waals surface area (Å²) >= 11 is 0. The van der Waals surface area contributed by atoms with E-state index >= 15 is 0 Å². The molecule has 3 amide bonds. The van der Waals surface area contributed by atoms with Crippen molar-refractivity contribution in [3.8, 4) is 0 Å². The number of imide groups is 1. The van der Waals surface area contributed by atoms with Crippen LogP contribution >= 0.6 is 0 Å². The number of hydrogen-bond acceptors (Lipinski definition) is 3. The molecular formula is C10H10N2O3. The smallest absolute Gasteiger partial charge is 0.331 e. The predicted molar refractivity (Wildman–Crippen MR) is 53.3 cm³/mol. The second-order valence-electron chi connectivity index (χ2n) is 3.07. The zero-order chi connectivity index (χ0) is 10.8. The largest absolute Gasteiger partial charge is 0.353 e. The highest BCUT2D eigenvalue weighted by Gasteiger charge is 2.38. The summed E-state index contributed by atoms with van der Waals surface area (Å²) in [7, 11) is 1.37. The fraction of sp³-hybridized carbons (Fsp3) is 0.200. The molecule has 0 radical (unpaired) electrons. The Hall–Kier alpha value is -1.88. The van der Waals surface area contributed by atoms with Gasteiger partial charge in [0.2, 0.25) is 6.23 Å². The van der Waals surface area contributed by atoms with Crippen molar-refractivity contribution in [2.24, 2.45) is 0 Å². The van der Waals surface area contributed by atoms with Crippen molar-refractivity contribution >= 4 is 17.6 Å². The summed E-state index contributed by atoms with van der Waals surface area (Å²) in [5, 5.41) is 2.42. The van der Waals surface area contributed by atoms with Gasteiger partial charge in [-0.3, -0.25) is 4.79 Å². The molecule has 1 aromatic rings. The van der Waals surface area contributed by atoms with E-state index in [4.69, 9.17) is 4.74 Å². The van der Waals surface area contributed by atoms with Crippen LogP contribution in [0.1, 0.15) is 0 Å². The minimum atomic E-state index is -0.877. The van der Waals surface area contributed by atoms with Crippen LogP contribution in [0.15, 0.2) is 30.3 Å². The molecule has 1 atom stereocenters. The molecule has 1 saturated heterocycles. The number of para-hydroxylation sites is 1. The zero-order valence-corrected chi connectivity index (χ0v) is 8.14. The molecule has 5 nitrogen and oxygen atoms in total. The van der Waals surface area contributed by atoms with Crippen LogP contribution < -0.4 is 10.2 Å². The van der Waals surface area contributed by atoms with E-state index in [1.807, 2.05) is 6.07 Å². The summed E-state index contributed by atoms with van der Waals surface area (Å²) in [6, 6.07) is 8.25. The van der Waals surface area contributed by atoms with Crippen molar-refractivity contribution in [3.05, 3.63) is 30.3 Å². The Balaban J connectivity index is 2.31. The highest BCUT2D eigenvalue weighted by molar-refractivity contribution is 6.20. The van der Waals surface area contributed by atoms with Gasteiger partial charge in [-0.1, -0.05) is 18.2 Å². The number of benzene rings is 1. The molecule has 5 heteroatoms. The molecule has 1 heterocycles. The van der Waals surface area contributed by atoms with Gasteiger partial charge in [0, 0.05) is 7.11 Å². The van der Waals surface area contributed by atoms with E-state index in [0.29, 0.717) is 5.69 Å². The lowest BCUT2D eigenvalue weighted by Crippen LogP contribution is -2.31. The van der Waals surface area contributed by atoms with Crippen LogP contribution in [0.5, 0.6) is 0 Å². The predicted octanol–water partition coefficient (Wildman–Crippen LogP) is 0.715. The number of urea groups is 1. The van der Waals surface area contributed by atoms with Gasteiger partial charge in [-0.25, -0.2) is 9.69 Å². The monoisotopic (exact) mass is 206 g/mol. The molecule has 0 saturated carbocycles. The number of anilines is 1.